The standard InChI is InChI=1S/C10H9FN2O2/c1-6-7(2)13(15)10-8(11)4-3-5-9(10)12(6)14/h3-5H,1-2H3. The Hall–Kier alpha value is -1.91. The van der Waals surface area contributed by atoms with Gasteiger partial charge in [0.15, 0.2) is 0 Å². The fourth-order valence-electron chi connectivity index (χ4n) is 1.51. The van der Waals surface area contributed by atoms with Crippen molar-refractivity contribution in [3.63, 3.8) is 0 Å². The summed E-state index contributed by atoms with van der Waals surface area (Å²) in [5.41, 5.74) is 0.328. The molecular formula is C10H9FN2O2. The van der Waals surface area contributed by atoms with Crippen LogP contribution in [-0.4, -0.2) is 4.73 Å². The Morgan fingerprint density at radius 1 is 1.40 bits per heavy atom. The monoisotopic (exact) mass is 208 g/mol. The van der Waals surface area contributed by atoms with E-state index in [1.165, 1.54) is 26.0 Å². The topological polar surface area (TPSA) is 51.0 Å². The highest BCUT2D eigenvalue weighted by atomic mass is 19.1. The van der Waals surface area contributed by atoms with Gasteiger partial charge in [0.2, 0.25) is 5.82 Å². The average Bonchev–Trinajstić information content (AvgIpc) is 2.23. The van der Waals surface area contributed by atoms with Crippen LogP contribution in [0.3, 0.4) is 0 Å². The number of benzene rings is 1. The van der Waals surface area contributed by atoms with Crippen LogP contribution >= 0.6 is 0 Å². The normalized spacial score (nSPS) is 10.9. The van der Waals surface area contributed by atoms with Crippen molar-refractivity contribution in [1.82, 2.24) is 4.73 Å². The second kappa shape index (κ2) is 3.05. The van der Waals surface area contributed by atoms with E-state index < -0.39 is 5.82 Å². The molecule has 2 aromatic rings. The van der Waals surface area contributed by atoms with Gasteiger partial charge in [0.05, 0.1) is 10.1 Å². The zero-order chi connectivity index (χ0) is 11.2. The molecule has 5 heteroatoms. The van der Waals surface area contributed by atoms with Crippen molar-refractivity contribution in [3.05, 3.63) is 45.5 Å². The van der Waals surface area contributed by atoms with Crippen molar-refractivity contribution in [2.75, 3.05) is 0 Å². The lowest BCUT2D eigenvalue weighted by molar-refractivity contribution is -0.475. The second-order valence-corrected chi connectivity index (χ2v) is 3.37. The molecule has 15 heavy (non-hydrogen) atoms. The highest BCUT2D eigenvalue weighted by Gasteiger charge is 2.19. The summed E-state index contributed by atoms with van der Waals surface area (Å²) in [5.74, 6) is -0.685. The van der Waals surface area contributed by atoms with Crippen molar-refractivity contribution < 1.29 is 8.82 Å². The molecule has 0 radical (unpaired) electrons. The molecule has 0 fully saturated rings. The molecule has 0 amide bonds. The van der Waals surface area contributed by atoms with Gasteiger partial charge in [0, 0.05) is 11.8 Å². The summed E-state index contributed by atoms with van der Waals surface area (Å²) >= 11 is 0. The van der Waals surface area contributed by atoms with Gasteiger partial charge in [-0.25, -0.2) is 0 Å². The van der Waals surface area contributed by atoms with Crippen LogP contribution < -0.4 is 4.43 Å². The Kier molecular flexibility index (Phi) is 1.96. The smallest absolute Gasteiger partial charge is 0.321 e. The molecule has 0 N–H and O–H groups in total. The summed E-state index contributed by atoms with van der Waals surface area (Å²) in [4.78, 5) is 11.6. The van der Waals surface area contributed by atoms with Crippen LogP contribution in [0.5, 0.6) is 0 Å². The van der Waals surface area contributed by atoms with Crippen molar-refractivity contribution in [2.24, 2.45) is 0 Å². The quantitative estimate of drug-likeness (QED) is 0.618. The Bertz CT molecular complexity index is 604. The minimum Gasteiger partial charge on any atom is -0.805 e. The molecule has 0 unspecified atom stereocenters. The lowest BCUT2D eigenvalue weighted by atomic mass is 10.2. The predicted octanol–water partition coefficient (Wildman–Crippen LogP) is 1.66. The number of nitrogens with zero attached hydrogens (tertiary/aromatic N) is 2. The van der Waals surface area contributed by atoms with Crippen molar-refractivity contribution >= 4 is 11.0 Å². The van der Waals surface area contributed by atoms with E-state index in [9.17, 15) is 14.5 Å². The molecule has 0 aliphatic heterocycles. The van der Waals surface area contributed by atoms with Crippen LogP contribution in [0, 0.1) is 29.8 Å². The van der Waals surface area contributed by atoms with Crippen LogP contribution in [0.4, 0.5) is 4.39 Å². The Labute approximate surface area is 84.8 Å². The first-order chi connectivity index (χ1) is 7.04. The van der Waals surface area contributed by atoms with Gasteiger partial charge in [-0.3, -0.25) is 0 Å². The third-order valence-electron chi connectivity index (χ3n) is 2.52. The zero-order valence-electron chi connectivity index (χ0n) is 8.32. The highest BCUT2D eigenvalue weighted by molar-refractivity contribution is 5.72. The molecule has 0 aliphatic carbocycles. The van der Waals surface area contributed by atoms with Crippen LogP contribution in [0.15, 0.2) is 18.2 Å². The van der Waals surface area contributed by atoms with Crippen LogP contribution in [0.2, 0.25) is 0 Å². The van der Waals surface area contributed by atoms with Crippen molar-refractivity contribution in [3.8, 4) is 0 Å². The maximum atomic E-state index is 13.4. The maximum absolute atomic E-state index is 13.4. The molecule has 2 rings (SSSR count). The molecule has 1 heterocycles. The third-order valence-corrected chi connectivity index (χ3v) is 2.52. The van der Waals surface area contributed by atoms with Crippen molar-refractivity contribution in [1.29, 1.82) is 0 Å². The van der Waals surface area contributed by atoms with Crippen molar-refractivity contribution in [2.45, 2.75) is 13.8 Å². The van der Waals surface area contributed by atoms with E-state index in [1.54, 1.807) is 0 Å². The number of para-hydroxylation sites is 1. The fourth-order valence-corrected chi connectivity index (χ4v) is 1.51. The van der Waals surface area contributed by atoms with E-state index in [4.69, 9.17) is 0 Å². The number of hydrogen-bond acceptors (Lipinski definition) is 2. The van der Waals surface area contributed by atoms with Gasteiger partial charge in [-0.15, -0.1) is 0 Å². The van der Waals surface area contributed by atoms with Crippen LogP contribution in [0.1, 0.15) is 11.4 Å². The maximum Gasteiger partial charge on any atom is 0.321 e. The molecule has 78 valence electrons. The summed E-state index contributed by atoms with van der Waals surface area (Å²) in [5, 5.41) is 11.7. The number of rotatable bonds is 0. The number of hydrogen-bond donors (Lipinski definition) is 0. The predicted molar refractivity (Wildman–Crippen MR) is 53.5 cm³/mol. The highest BCUT2D eigenvalue weighted by Crippen LogP contribution is 2.15. The first-order valence-electron chi connectivity index (χ1n) is 4.44. The molecule has 1 aromatic heterocycles. The molecule has 0 saturated heterocycles. The number of halogens is 1. The molecular weight excluding hydrogens is 199 g/mol. The SMILES string of the molecule is Cc1c(C)[n+](=O)c2c(F)cccc2n1[O-]. The number of aromatic nitrogens is 2. The summed E-state index contributed by atoms with van der Waals surface area (Å²) in [6, 6.07) is 3.98. The summed E-state index contributed by atoms with van der Waals surface area (Å²) < 4.78 is 14.4. The lowest BCUT2D eigenvalue weighted by Crippen LogP contribution is -2.25. The van der Waals surface area contributed by atoms with Crippen LogP contribution in [-0.2, 0) is 0 Å². The largest absolute Gasteiger partial charge is 0.805 e. The Morgan fingerprint density at radius 2 is 2.07 bits per heavy atom. The van der Waals surface area contributed by atoms with E-state index in [2.05, 4.69) is 0 Å². The van der Waals surface area contributed by atoms with Gasteiger partial charge in [0.25, 0.3) is 5.69 Å². The molecule has 0 bridgehead atoms. The molecule has 1 aromatic carbocycles. The van der Waals surface area contributed by atoms with Gasteiger partial charge in [-0.2, -0.15) is 4.39 Å². The number of fused-ring (bicyclic) bond motifs is 1. The van der Waals surface area contributed by atoms with E-state index >= 15 is 0 Å². The molecule has 0 atom stereocenters. The van der Waals surface area contributed by atoms with Gasteiger partial charge in [-0.05, 0) is 19.1 Å². The Balaban J connectivity index is 3.15. The van der Waals surface area contributed by atoms with Crippen LogP contribution in [0.25, 0.3) is 11.0 Å². The van der Waals surface area contributed by atoms with E-state index in [-0.39, 0.29) is 22.4 Å². The van der Waals surface area contributed by atoms with E-state index in [0.29, 0.717) is 9.16 Å². The summed E-state index contributed by atoms with van der Waals surface area (Å²) in [7, 11) is 0. The fraction of sp³-hybridized carbons (Fsp3) is 0.200. The van der Waals surface area contributed by atoms with Gasteiger partial charge in [-0.1, -0.05) is 6.07 Å². The minimum absolute atomic E-state index is 0.0492. The first-order valence-corrected chi connectivity index (χ1v) is 4.44. The second-order valence-electron chi connectivity index (χ2n) is 3.37. The van der Waals surface area contributed by atoms with E-state index in [0.717, 1.165) is 6.07 Å². The summed E-state index contributed by atoms with van der Waals surface area (Å²) in [6.45, 7) is 3.02. The first kappa shape index (κ1) is 9.64. The van der Waals surface area contributed by atoms with Gasteiger partial charge >= 0.3 is 5.52 Å². The zero-order valence-corrected chi connectivity index (χ0v) is 8.32. The third kappa shape index (κ3) is 1.20. The molecule has 0 spiro atoms. The molecule has 0 saturated carbocycles. The minimum atomic E-state index is -0.685. The average molecular weight is 208 g/mol. The summed E-state index contributed by atoms with van der Waals surface area (Å²) in [6.07, 6.45) is 0. The van der Waals surface area contributed by atoms with Gasteiger partial charge < -0.3 is 9.94 Å². The van der Waals surface area contributed by atoms with Gasteiger partial charge in [0.1, 0.15) is 5.52 Å². The Morgan fingerprint density at radius 3 is 2.73 bits per heavy atom. The van der Waals surface area contributed by atoms with E-state index in [1.807, 2.05) is 0 Å². The lowest BCUT2D eigenvalue weighted by Gasteiger charge is -2.15. The molecule has 0 aliphatic rings. The molecule has 4 nitrogen and oxygen atoms in total.